The summed E-state index contributed by atoms with van der Waals surface area (Å²) < 4.78 is 11.2. The number of hydrogen-bond donors (Lipinski definition) is 2. The molecule has 1 aromatic carbocycles. The van der Waals surface area contributed by atoms with Crippen LogP contribution in [-0.2, 0) is 6.54 Å². The van der Waals surface area contributed by atoms with Gasteiger partial charge in [-0.3, -0.25) is 0 Å². The molecular formula is C20H25N3O3. The van der Waals surface area contributed by atoms with E-state index >= 15 is 0 Å². The number of anilines is 1. The zero-order valence-electron chi connectivity index (χ0n) is 15.0. The predicted molar refractivity (Wildman–Crippen MR) is 101 cm³/mol. The highest BCUT2D eigenvalue weighted by Crippen LogP contribution is 2.22. The van der Waals surface area contributed by atoms with Crippen molar-refractivity contribution in [1.29, 1.82) is 0 Å². The van der Waals surface area contributed by atoms with Crippen molar-refractivity contribution in [3.05, 3.63) is 48.2 Å². The van der Waals surface area contributed by atoms with Gasteiger partial charge in [0.05, 0.1) is 6.61 Å². The van der Waals surface area contributed by atoms with Crippen LogP contribution in [0.3, 0.4) is 0 Å². The van der Waals surface area contributed by atoms with Gasteiger partial charge in [0.1, 0.15) is 11.9 Å². The maximum Gasteiger partial charge on any atom is 0.319 e. The number of hydrogen-bond acceptors (Lipinski definition) is 4. The lowest BCUT2D eigenvalue weighted by Crippen LogP contribution is -2.28. The van der Waals surface area contributed by atoms with E-state index in [1.165, 1.54) is 12.8 Å². The van der Waals surface area contributed by atoms with Crippen LogP contribution < -0.4 is 20.1 Å². The van der Waals surface area contributed by atoms with Crippen LogP contribution in [0.25, 0.3) is 0 Å². The second kappa shape index (κ2) is 9.08. The van der Waals surface area contributed by atoms with Crippen molar-refractivity contribution in [3.63, 3.8) is 0 Å². The molecule has 1 aromatic heterocycles. The quantitative estimate of drug-likeness (QED) is 0.783. The Kier molecular flexibility index (Phi) is 6.30. The van der Waals surface area contributed by atoms with E-state index in [1.54, 1.807) is 18.3 Å². The lowest BCUT2D eigenvalue weighted by atomic mass is 10.3. The van der Waals surface area contributed by atoms with Crippen molar-refractivity contribution < 1.29 is 14.3 Å². The Balaban J connectivity index is 1.43. The third-order valence-electron chi connectivity index (χ3n) is 4.26. The number of amides is 2. The normalized spacial score (nSPS) is 14.0. The molecular weight excluding hydrogens is 330 g/mol. The van der Waals surface area contributed by atoms with Crippen molar-refractivity contribution in [1.82, 2.24) is 10.3 Å². The van der Waals surface area contributed by atoms with Gasteiger partial charge in [0.15, 0.2) is 0 Å². The van der Waals surface area contributed by atoms with Crippen LogP contribution >= 0.6 is 0 Å². The molecule has 1 heterocycles. The highest BCUT2D eigenvalue weighted by Gasteiger charge is 2.16. The summed E-state index contributed by atoms with van der Waals surface area (Å²) >= 11 is 0. The smallest absolute Gasteiger partial charge is 0.319 e. The SMILES string of the molecule is CCOc1ccc(NC(=O)NCc2ccc(OC3CCCC3)nc2)cc1. The summed E-state index contributed by atoms with van der Waals surface area (Å²) in [5, 5.41) is 5.61. The molecule has 26 heavy (non-hydrogen) atoms. The summed E-state index contributed by atoms with van der Waals surface area (Å²) in [4.78, 5) is 16.3. The molecule has 2 N–H and O–H groups in total. The minimum atomic E-state index is -0.263. The lowest BCUT2D eigenvalue weighted by molar-refractivity contribution is 0.201. The molecule has 0 bridgehead atoms. The average Bonchev–Trinajstić information content (AvgIpc) is 3.16. The topological polar surface area (TPSA) is 72.5 Å². The highest BCUT2D eigenvalue weighted by molar-refractivity contribution is 5.89. The molecule has 1 fully saturated rings. The monoisotopic (exact) mass is 355 g/mol. The zero-order chi connectivity index (χ0) is 18.2. The summed E-state index contributed by atoms with van der Waals surface area (Å²) in [6.45, 7) is 2.95. The van der Waals surface area contributed by atoms with Gasteiger partial charge in [-0.25, -0.2) is 9.78 Å². The van der Waals surface area contributed by atoms with Gasteiger partial charge in [0, 0.05) is 24.5 Å². The summed E-state index contributed by atoms with van der Waals surface area (Å²) in [5.41, 5.74) is 1.63. The standard InChI is InChI=1S/C20H25N3O3/c1-2-25-17-10-8-16(9-11-17)23-20(24)22-14-15-7-12-19(21-13-15)26-18-5-3-4-6-18/h7-13,18H,2-6,14H2,1H3,(H2,22,23,24). The third kappa shape index (κ3) is 5.37. The van der Waals surface area contributed by atoms with Gasteiger partial charge in [0.2, 0.25) is 5.88 Å². The molecule has 0 unspecified atom stereocenters. The maximum absolute atomic E-state index is 12.0. The molecule has 1 aliphatic carbocycles. The molecule has 0 atom stereocenters. The molecule has 0 saturated heterocycles. The second-order valence-electron chi connectivity index (χ2n) is 6.29. The molecule has 2 amide bonds. The number of rotatable bonds is 7. The summed E-state index contributed by atoms with van der Waals surface area (Å²) in [6, 6.07) is 10.8. The molecule has 3 rings (SSSR count). The van der Waals surface area contributed by atoms with E-state index in [2.05, 4.69) is 15.6 Å². The number of ether oxygens (including phenoxy) is 2. The third-order valence-corrected chi connectivity index (χ3v) is 4.26. The number of benzene rings is 1. The number of pyridine rings is 1. The van der Waals surface area contributed by atoms with Crippen molar-refractivity contribution >= 4 is 11.7 Å². The molecule has 1 saturated carbocycles. The van der Waals surface area contributed by atoms with Crippen LogP contribution in [0.5, 0.6) is 11.6 Å². The molecule has 0 aliphatic heterocycles. The molecule has 1 aliphatic rings. The fourth-order valence-electron chi connectivity index (χ4n) is 2.92. The van der Waals surface area contributed by atoms with E-state index in [-0.39, 0.29) is 6.03 Å². The summed E-state index contributed by atoms with van der Waals surface area (Å²) in [5.74, 6) is 1.43. The minimum Gasteiger partial charge on any atom is -0.494 e. The number of nitrogens with one attached hydrogen (secondary N) is 2. The van der Waals surface area contributed by atoms with E-state index in [9.17, 15) is 4.79 Å². The number of urea groups is 1. The fraction of sp³-hybridized carbons (Fsp3) is 0.400. The van der Waals surface area contributed by atoms with Crippen LogP contribution in [0, 0.1) is 0 Å². The van der Waals surface area contributed by atoms with E-state index in [0.717, 1.165) is 24.2 Å². The van der Waals surface area contributed by atoms with Gasteiger partial charge >= 0.3 is 6.03 Å². The van der Waals surface area contributed by atoms with E-state index in [4.69, 9.17) is 9.47 Å². The van der Waals surface area contributed by atoms with Crippen molar-refractivity contribution in [2.75, 3.05) is 11.9 Å². The van der Waals surface area contributed by atoms with Crippen molar-refractivity contribution in [2.24, 2.45) is 0 Å². The fourth-order valence-corrected chi connectivity index (χ4v) is 2.92. The maximum atomic E-state index is 12.0. The van der Waals surface area contributed by atoms with Crippen LogP contribution in [0.2, 0.25) is 0 Å². The van der Waals surface area contributed by atoms with Crippen LogP contribution in [0.1, 0.15) is 38.2 Å². The van der Waals surface area contributed by atoms with Gasteiger partial charge in [0.25, 0.3) is 0 Å². The Morgan fingerprint density at radius 2 is 1.92 bits per heavy atom. The number of carbonyl (C=O) groups excluding carboxylic acids is 1. The van der Waals surface area contributed by atoms with E-state index in [0.29, 0.717) is 30.8 Å². The van der Waals surface area contributed by atoms with Crippen molar-refractivity contribution in [3.8, 4) is 11.6 Å². The Labute approximate surface area is 153 Å². The first-order valence-electron chi connectivity index (χ1n) is 9.12. The Morgan fingerprint density at radius 1 is 1.15 bits per heavy atom. The largest absolute Gasteiger partial charge is 0.494 e. The predicted octanol–water partition coefficient (Wildman–Crippen LogP) is 4.12. The first-order chi connectivity index (χ1) is 12.7. The number of nitrogens with zero attached hydrogens (tertiary/aromatic N) is 1. The van der Waals surface area contributed by atoms with E-state index in [1.807, 2.05) is 31.2 Å². The Morgan fingerprint density at radius 3 is 2.58 bits per heavy atom. The molecule has 2 aromatic rings. The molecule has 6 nitrogen and oxygen atoms in total. The van der Waals surface area contributed by atoms with Gasteiger partial charge in [-0.1, -0.05) is 6.07 Å². The number of carbonyl (C=O) groups is 1. The summed E-state index contributed by atoms with van der Waals surface area (Å²) in [6.07, 6.45) is 6.72. The zero-order valence-corrected chi connectivity index (χ0v) is 15.0. The van der Waals surface area contributed by atoms with Crippen LogP contribution in [0.15, 0.2) is 42.6 Å². The van der Waals surface area contributed by atoms with Crippen molar-refractivity contribution in [2.45, 2.75) is 45.3 Å². The van der Waals surface area contributed by atoms with Gasteiger partial charge in [-0.15, -0.1) is 0 Å². The molecule has 0 radical (unpaired) electrons. The lowest BCUT2D eigenvalue weighted by Gasteiger charge is -2.12. The Hall–Kier alpha value is -2.76. The summed E-state index contributed by atoms with van der Waals surface area (Å²) in [7, 11) is 0. The van der Waals surface area contributed by atoms with Gasteiger partial charge in [-0.05, 0) is 62.4 Å². The Bertz CT molecular complexity index is 695. The van der Waals surface area contributed by atoms with Gasteiger partial charge in [-0.2, -0.15) is 0 Å². The highest BCUT2D eigenvalue weighted by atomic mass is 16.5. The second-order valence-corrected chi connectivity index (χ2v) is 6.29. The minimum absolute atomic E-state index is 0.263. The van der Waals surface area contributed by atoms with Crippen LogP contribution in [0.4, 0.5) is 10.5 Å². The average molecular weight is 355 g/mol. The first kappa shape index (κ1) is 18.0. The first-order valence-corrected chi connectivity index (χ1v) is 9.12. The molecule has 138 valence electrons. The molecule has 0 spiro atoms. The number of aromatic nitrogens is 1. The van der Waals surface area contributed by atoms with Gasteiger partial charge < -0.3 is 20.1 Å². The van der Waals surface area contributed by atoms with E-state index < -0.39 is 0 Å². The van der Waals surface area contributed by atoms with Crippen LogP contribution in [-0.4, -0.2) is 23.7 Å². The molecule has 6 heteroatoms.